The van der Waals surface area contributed by atoms with Gasteiger partial charge < -0.3 is 14.5 Å². The maximum Gasteiger partial charge on any atom is 0.130 e. The van der Waals surface area contributed by atoms with Gasteiger partial charge in [0.1, 0.15) is 18.1 Å². The number of furan rings is 1. The third kappa shape index (κ3) is 4.36. The summed E-state index contributed by atoms with van der Waals surface area (Å²) in [5, 5.41) is 3.29. The van der Waals surface area contributed by atoms with Gasteiger partial charge in [0.25, 0.3) is 0 Å². The van der Waals surface area contributed by atoms with Gasteiger partial charge in [-0.3, -0.25) is 0 Å². The zero-order valence-electron chi connectivity index (χ0n) is 12.5. The van der Waals surface area contributed by atoms with Crippen molar-refractivity contribution in [1.29, 1.82) is 0 Å². The van der Waals surface area contributed by atoms with E-state index < -0.39 is 0 Å². The standard InChI is InChI=1S/C16H27NO2/c1-4-17-10-16-13(3)9-15(19-16)11-18-14-7-5-12(2)6-8-14/h9,12,14,17H,4-8,10-11H2,1-3H3. The van der Waals surface area contributed by atoms with Gasteiger partial charge in [-0.1, -0.05) is 13.8 Å². The SMILES string of the molecule is CCNCc1oc(COC2CCC(C)CC2)cc1C. The molecule has 0 saturated heterocycles. The van der Waals surface area contributed by atoms with Crippen LogP contribution in [-0.2, 0) is 17.9 Å². The van der Waals surface area contributed by atoms with Crippen molar-refractivity contribution in [1.82, 2.24) is 5.32 Å². The Kier molecular flexibility index (Phi) is 5.46. The second-order valence-electron chi connectivity index (χ2n) is 5.79. The van der Waals surface area contributed by atoms with Crippen molar-refractivity contribution in [2.45, 2.75) is 65.7 Å². The van der Waals surface area contributed by atoms with Crippen LogP contribution in [0, 0.1) is 12.8 Å². The number of ether oxygens (including phenoxy) is 1. The third-order valence-corrected chi connectivity index (χ3v) is 4.03. The van der Waals surface area contributed by atoms with Crippen LogP contribution in [0.15, 0.2) is 10.5 Å². The molecule has 3 heteroatoms. The first-order valence-corrected chi connectivity index (χ1v) is 7.59. The molecule has 0 spiro atoms. The van der Waals surface area contributed by atoms with Gasteiger partial charge in [0, 0.05) is 0 Å². The molecule has 1 fully saturated rings. The number of aryl methyl sites for hydroxylation is 1. The van der Waals surface area contributed by atoms with Crippen LogP contribution in [0.2, 0.25) is 0 Å². The first-order valence-electron chi connectivity index (χ1n) is 7.59. The fourth-order valence-corrected chi connectivity index (χ4v) is 2.67. The topological polar surface area (TPSA) is 34.4 Å². The summed E-state index contributed by atoms with van der Waals surface area (Å²) in [4.78, 5) is 0. The Hall–Kier alpha value is -0.800. The van der Waals surface area contributed by atoms with E-state index in [-0.39, 0.29) is 0 Å². The number of hydrogen-bond acceptors (Lipinski definition) is 3. The van der Waals surface area contributed by atoms with Crippen molar-refractivity contribution < 1.29 is 9.15 Å². The van der Waals surface area contributed by atoms with Crippen molar-refractivity contribution in [3.63, 3.8) is 0 Å². The van der Waals surface area contributed by atoms with Crippen LogP contribution in [0.5, 0.6) is 0 Å². The molecule has 0 aromatic carbocycles. The molecule has 0 atom stereocenters. The lowest BCUT2D eigenvalue weighted by Crippen LogP contribution is -2.20. The second kappa shape index (κ2) is 7.11. The molecule has 108 valence electrons. The first-order chi connectivity index (χ1) is 9.19. The molecular formula is C16H27NO2. The van der Waals surface area contributed by atoms with E-state index >= 15 is 0 Å². The lowest BCUT2D eigenvalue weighted by atomic mass is 9.89. The van der Waals surface area contributed by atoms with Gasteiger partial charge in [-0.15, -0.1) is 0 Å². The summed E-state index contributed by atoms with van der Waals surface area (Å²) < 4.78 is 11.8. The summed E-state index contributed by atoms with van der Waals surface area (Å²) in [7, 11) is 0. The zero-order chi connectivity index (χ0) is 13.7. The summed E-state index contributed by atoms with van der Waals surface area (Å²) in [5.41, 5.74) is 1.22. The van der Waals surface area contributed by atoms with Crippen LogP contribution in [-0.4, -0.2) is 12.6 Å². The van der Waals surface area contributed by atoms with Crippen LogP contribution >= 0.6 is 0 Å². The number of rotatable bonds is 6. The van der Waals surface area contributed by atoms with E-state index in [0.29, 0.717) is 12.7 Å². The Bertz CT molecular complexity index is 378. The van der Waals surface area contributed by atoms with Crippen molar-refractivity contribution in [3.8, 4) is 0 Å². The summed E-state index contributed by atoms with van der Waals surface area (Å²) in [6.45, 7) is 8.93. The Morgan fingerprint density at radius 1 is 1.32 bits per heavy atom. The smallest absolute Gasteiger partial charge is 0.130 e. The van der Waals surface area contributed by atoms with E-state index in [1.807, 2.05) is 0 Å². The molecule has 0 bridgehead atoms. The van der Waals surface area contributed by atoms with Gasteiger partial charge in [-0.25, -0.2) is 0 Å². The monoisotopic (exact) mass is 265 g/mol. The maximum absolute atomic E-state index is 5.98. The zero-order valence-corrected chi connectivity index (χ0v) is 12.5. The molecule has 0 aliphatic heterocycles. The van der Waals surface area contributed by atoms with E-state index in [0.717, 1.165) is 30.5 Å². The van der Waals surface area contributed by atoms with Gasteiger partial charge in [-0.2, -0.15) is 0 Å². The minimum absolute atomic E-state index is 0.429. The van der Waals surface area contributed by atoms with Crippen molar-refractivity contribution in [3.05, 3.63) is 23.2 Å². The van der Waals surface area contributed by atoms with Crippen LogP contribution in [0.4, 0.5) is 0 Å². The van der Waals surface area contributed by atoms with Gasteiger partial charge in [0.15, 0.2) is 0 Å². The van der Waals surface area contributed by atoms with E-state index in [1.54, 1.807) is 0 Å². The number of nitrogens with one attached hydrogen (secondary N) is 1. The molecule has 0 unspecified atom stereocenters. The third-order valence-electron chi connectivity index (χ3n) is 4.03. The molecule has 3 nitrogen and oxygen atoms in total. The minimum atomic E-state index is 0.429. The molecule has 1 saturated carbocycles. The highest BCUT2D eigenvalue weighted by molar-refractivity contribution is 5.19. The van der Waals surface area contributed by atoms with Crippen LogP contribution < -0.4 is 5.32 Å². The van der Waals surface area contributed by atoms with Crippen LogP contribution in [0.1, 0.15) is 56.6 Å². The molecule has 0 radical (unpaired) electrons. The van der Waals surface area contributed by atoms with Gasteiger partial charge in [-0.05, 0) is 56.7 Å². The molecular weight excluding hydrogens is 238 g/mol. The van der Waals surface area contributed by atoms with E-state index in [4.69, 9.17) is 9.15 Å². The predicted octanol–water partition coefficient (Wildman–Crippen LogP) is 3.79. The maximum atomic E-state index is 5.98. The molecule has 19 heavy (non-hydrogen) atoms. The molecule has 0 amide bonds. The first kappa shape index (κ1) is 14.6. The average molecular weight is 265 g/mol. The molecule has 1 heterocycles. The van der Waals surface area contributed by atoms with Gasteiger partial charge >= 0.3 is 0 Å². The van der Waals surface area contributed by atoms with E-state index in [2.05, 4.69) is 32.2 Å². The summed E-state index contributed by atoms with van der Waals surface area (Å²) in [6, 6.07) is 2.11. The highest BCUT2D eigenvalue weighted by atomic mass is 16.5. The Balaban J connectivity index is 1.79. The molecule has 2 rings (SSSR count). The normalized spacial score (nSPS) is 23.7. The average Bonchev–Trinajstić information content (AvgIpc) is 2.76. The highest BCUT2D eigenvalue weighted by Gasteiger charge is 2.19. The largest absolute Gasteiger partial charge is 0.462 e. The predicted molar refractivity (Wildman–Crippen MR) is 77.0 cm³/mol. The fraction of sp³-hybridized carbons (Fsp3) is 0.750. The summed E-state index contributed by atoms with van der Waals surface area (Å²) in [6.07, 6.45) is 5.43. The Morgan fingerprint density at radius 3 is 2.74 bits per heavy atom. The van der Waals surface area contributed by atoms with Crippen molar-refractivity contribution in [2.24, 2.45) is 5.92 Å². The van der Waals surface area contributed by atoms with Gasteiger partial charge in [0.2, 0.25) is 0 Å². The Morgan fingerprint density at radius 2 is 2.05 bits per heavy atom. The molecule has 1 aromatic heterocycles. The lowest BCUT2D eigenvalue weighted by Gasteiger charge is -2.25. The van der Waals surface area contributed by atoms with E-state index in [9.17, 15) is 0 Å². The lowest BCUT2D eigenvalue weighted by molar-refractivity contribution is 0.000898. The quantitative estimate of drug-likeness (QED) is 0.849. The number of hydrogen-bond donors (Lipinski definition) is 1. The minimum Gasteiger partial charge on any atom is -0.462 e. The van der Waals surface area contributed by atoms with Crippen LogP contribution in [0.3, 0.4) is 0 Å². The second-order valence-corrected chi connectivity index (χ2v) is 5.79. The fourth-order valence-electron chi connectivity index (χ4n) is 2.67. The molecule has 1 N–H and O–H groups in total. The van der Waals surface area contributed by atoms with E-state index in [1.165, 1.54) is 31.2 Å². The van der Waals surface area contributed by atoms with Crippen molar-refractivity contribution >= 4 is 0 Å². The van der Waals surface area contributed by atoms with Gasteiger partial charge in [0.05, 0.1) is 12.6 Å². The Labute approximate surface area is 116 Å². The molecule has 1 aliphatic rings. The van der Waals surface area contributed by atoms with Crippen molar-refractivity contribution in [2.75, 3.05) is 6.54 Å². The highest BCUT2D eigenvalue weighted by Crippen LogP contribution is 2.26. The molecule has 1 aliphatic carbocycles. The summed E-state index contributed by atoms with van der Waals surface area (Å²) in [5.74, 6) is 2.87. The molecule has 1 aromatic rings. The van der Waals surface area contributed by atoms with Crippen LogP contribution in [0.25, 0.3) is 0 Å². The summed E-state index contributed by atoms with van der Waals surface area (Å²) >= 11 is 0.